The Morgan fingerprint density at radius 1 is 1.41 bits per heavy atom. The summed E-state index contributed by atoms with van der Waals surface area (Å²) in [7, 11) is 0. The van der Waals surface area contributed by atoms with Crippen LogP contribution in [0.2, 0.25) is 0 Å². The van der Waals surface area contributed by atoms with Crippen LogP contribution in [0.5, 0.6) is 0 Å². The number of halogens is 1. The number of anilines is 1. The normalized spacial score (nSPS) is 15.1. The van der Waals surface area contributed by atoms with Gasteiger partial charge in [-0.3, -0.25) is 4.90 Å². The number of thiazole rings is 1. The van der Waals surface area contributed by atoms with Gasteiger partial charge in [0.25, 0.3) is 0 Å². The van der Waals surface area contributed by atoms with E-state index in [2.05, 4.69) is 44.0 Å². The molecular weight excluding hydrogens is 298 g/mol. The Labute approximate surface area is 112 Å². The molecule has 0 fully saturated rings. The van der Waals surface area contributed by atoms with Crippen molar-refractivity contribution in [2.75, 3.05) is 5.73 Å². The van der Waals surface area contributed by atoms with Crippen molar-refractivity contribution >= 4 is 32.4 Å². The maximum absolute atomic E-state index is 5.69. The molecule has 0 bridgehead atoms. The largest absolute Gasteiger partial charge is 0.375 e. The summed E-state index contributed by atoms with van der Waals surface area (Å²) in [6, 6.07) is 8.43. The Bertz CT molecular complexity index is 529. The number of hydrogen-bond acceptors (Lipinski definition) is 4. The van der Waals surface area contributed by atoms with Crippen molar-refractivity contribution in [1.29, 1.82) is 0 Å². The van der Waals surface area contributed by atoms with Crippen molar-refractivity contribution in [1.82, 2.24) is 9.88 Å². The third-order valence-corrected chi connectivity index (χ3v) is 4.24. The molecular formula is C12H12BrN3S. The number of fused-ring (bicyclic) bond motifs is 1. The standard InChI is InChI=1S/C12H12BrN3S/c13-9-3-1-2-8(4-9)5-16-6-10-11(7-16)17-12(14)15-10/h1-4H,5-7H2,(H2,14,15). The lowest BCUT2D eigenvalue weighted by Gasteiger charge is -2.14. The summed E-state index contributed by atoms with van der Waals surface area (Å²) >= 11 is 5.11. The van der Waals surface area contributed by atoms with Gasteiger partial charge in [0.05, 0.1) is 5.69 Å². The molecule has 0 saturated carbocycles. The van der Waals surface area contributed by atoms with Crippen LogP contribution in [0.4, 0.5) is 5.13 Å². The van der Waals surface area contributed by atoms with E-state index in [0.717, 1.165) is 29.8 Å². The van der Waals surface area contributed by atoms with E-state index in [1.54, 1.807) is 11.3 Å². The number of aromatic nitrogens is 1. The summed E-state index contributed by atoms with van der Waals surface area (Å²) in [5.74, 6) is 0. The van der Waals surface area contributed by atoms with Gasteiger partial charge in [-0.1, -0.05) is 28.1 Å². The highest BCUT2D eigenvalue weighted by atomic mass is 79.9. The molecule has 0 unspecified atom stereocenters. The van der Waals surface area contributed by atoms with E-state index in [-0.39, 0.29) is 0 Å². The second-order valence-corrected chi connectivity index (χ2v) is 6.23. The summed E-state index contributed by atoms with van der Waals surface area (Å²) in [6.07, 6.45) is 0. The van der Waals surface area contributed by atoms with Crippen LogP contribution in [0.1, 0.15) is 16.1 Å². The molecule has 1 aliphatic rings. The maximum atomic E-state index is 5.69. The number of nitrogens with two attached hydrogens (primary N) is 1. The Hall–Kier alpha value is -0.910. The van der Waals surface area contributed by atoms with Gasteiger partial charge in [0, 0.05) is 29.0 Å². The van der Waals surface area contributed by atoms with E-state index < -0.39 is 0 Å². The third-order valence-electron chi connectivity index (χ3n) is 2.83. The first kappa shape index (κ1) is 11.2. The summed E-state index contributed by atoms with van der Waals surface area (Å²) in [5, 5.41) is 0.692. The van der Waals surface area contributed by atoms with Crippen molar-refractivity contribution in [2.24, 2.45) is 0 Å². The number of hydrogen-bond donors (Lipinski definition) is 1. The van der Waals surface area contributed by atoms with Crippen molar-refractivity contribution in [3.05, 3.63) is 44.9 Å². The average molecular weight is 310 g/mol. The van der Waals surface area contributed by atoms with E-state index in [0.29, 0.717) is 5.13 Å². The Morgan fingerprint density at radius 3 is 3.06 bits per heavy atom. The van der Waals surface area contributed by atoms with Gasteiger partial charge in [0.15, 0.2) is 5.13 Å². The lowest BCUT2D eigenvalue weighted by Crippen LogP contribution is -2.16. The fourth-order valence-corrected chi connectivity index (χ4v) is 3.46. The lowest BCUT2D eigenvalue weighted by molar-refractivity contribution is 0.274. The minimum absolute atomic E-state index is 0.692. The summed E-state index contributed by atoms with van der Waals surface area (Å²) < 4.78 is 1.13. The van der Waals surface area contributed by atoms with Crippen LogP contribution >= 0.6 is 27.3 Å². The second-order valence-electron chi connectivity index (χ2n) is 4.20. The predicted octanol–water partition coefficient (Wildman–Crippen LogP) is 3.00. The van der Waals surface area contributed by atoms with E-state index >= 15 is 0 Å². The molecule has 3 rings (SSSR count). The first-order valence-electron chi connectivity index (χ1n) is 5.41. The van der Waals surface area contributed by atoms with Gasteiger partial charge in [-0.2, -0.15) is 0 Å². The molecule has 1 aromatic carbocycles. The molecule has 0 saturated heterocycles. The number of benzene rings is 1. The van der Waals surface area contributed by atoms with Gasteiger partial charge >= 0.3 is 0 Å². The number of nitrogens with zero attached hydrogens (tertiary/aromatic N) is 2. The molecule has 17 heavy (non-hydrogen) atoms. The van der Waals surface area contributed by atoms with Crippen LogP contribution in [-0.4, -0.2) is 9.88 Å². The third kappa shape index (κ3) is 2.36. The van der Waals surface area contributed by atoms with Crippen LogP contribution in [0.15, 0.2) is 28.7 Å². The molecule has 3 nitrogen and oxygen atoms in total. The van der Waals surface area contributed by atoms with E-state index in [1.165, 1.54) is 10.4 Å². The summed E-state index contributed by atoms with van der Waals surface area (Å²) in [6.45, 7) is 2.84. The van der Waals surface area contributed by atoms with Crippen LogP contribution in [0.25, 0.3) is 0 Å². The van der Waals surface area contributed by atoms with Crippen molar-refractivity contribution in [3.63, 3.8) is 0 Å². The molecule has 0 atom stereocenters. The van der Waals surface area contributed by atoms with Gasteiger partial charge in [-0.15, -0.1) is 11.3 Å². The van der Waals surface area contributed by atoms with Crippen molar-refractivity contribution in [2.45, 2.75) is 19.6 Å². The highest BCUT2D eigenvalue weighted by Crippen LogP contribution is 2.30. The minimum Gasteiger partial charge on any atom is -0.375 e. The summed E-state index contributed by atoms with van der Waals surface area (Å²) in [4.78, 5) is 8.05. The highest BCUT2D eigenvalue weighted by Gasteiger charge is 2.22. The SMILES string of the molecule is Nc1nc2c(s1)CN(Cc1cccc(Br)c1)C2. The van der Waals surface area contributed by atoms with E-state index in [9.17, 15) is 0 Å². The predicted molar refractivity (Wildman–Crippen MR) is 73.6 cm³/mol. The van der Waals surface area contributed by atoms with Gasteiger partial charge in [-0.25, -0.2) is 4.98 Å². The quantitative estimate of drug-likeness (QED) is 0.927. The van der Waals surface area contributed by atoms with E-state index in [1.807, 2.05) is 6.07 Å². The molecule has 2 N–H and O–H groups in total. The van der Waals surface area contributed by atoms with Crippen LogP contribution in [0, 0.1) is 0 Å². The van der Waals surface area contributed by atoms with E-state index in [4.69, 9.17) is 5.73 Å². The minimum atomic E-state index is 0.692. The first-order chi connectivity index (χ1) is 8.20. The van der Waals surface area contributed by atoms with Crippen LogP contribution in [-0.2, 0) is 19.6 Å². The monoisotopic (exact) mass is 309 g/mol. The molecule has 5 heteroatoms. The Morgan fingerprint density at radius 2 is 2.29 bits per heavy atom. The van der Waals surface area contributed by atoms with Crippen LogP contribution < -0.4 is 5.73 Å². The maximum Gasteiger partial charge on any atom is 0.180 e. The van der Waals surface area contributed by atoms with Gasteiger partial charge in [-0.05, 0) is 17.7 Å². The zero-order chi connectivity index (χ0) is 11.8. The van der Waals surface area contributed by atoms with Gasteiger partial charge < -0.3 is 5.73 Å². The van der Waals surface area contributed by atoms with Crippen molar-refractivity contribution in [3.8, 4) is 0 Å². The first-order valence-corrected chi connectivity index (χ1v) is 7.02. The molecule has 88 valence electrons. The molecule has 2 aromatic rings. The summed E-state index contributed by atoms with van der Waals surface area (Å²) in [5.41, 5.74) is 8.17. The zero-order valence-corrected chi connectivity index (χ0v) is 11.6. The topological polar surface area (TPSA) is 42.1 Å². The van der Waals surface area contributed by atoms with Gasteiger partial charge in [0.1, 0.15) is 0 Å². The number of nitrogen functional groups attached to an aromatic ring is 1. The lowest BCUT2D eigenvalue weighted by atomic mass is 10.2. The molecule has 1 aromatic heterocycles. The smallest absolute Gasteiger partial charge is 0.180 e. The Balaban J connectivity index is 1.71. The molecule has 0 radical (unpaired) electrons. The second kappa shape index (κ2) is 4.40. The zero-order valence-electron chi connectivity index (χ0n) is 9.19. The van der Waals surface area contributed by atoms with Crippen LogP contribution in [0.3, 0.4) is 0 Å². The molecule has 1 aliphatic heterocycles. The fourth-order valence-electron chi connectivity index (χ4n) is 2.13. The molecule has 0 aliphatic carbocycles. The van der Waals surface area contributed by atoms with Crippen molar-refractivity contribution < 1.29 is 0 Å². The molecule has 0 amide bonds. The highest BCUT2D eigenvalue weighted by molar-refractivity contribution is 9.10. The fraction of sp³-hybridized carbons (Fsp3) is 0.250. The number of rotatable bonds is 2. The average Bonchev–Trinajstić information content (AvgIpc) is 2.74. The van der Waals surface area contributed by atoms with Gasteiger partial charge in [0.2, 0.25) is 0 Å². The molecule has 2 heterocycles. The Kier molecular flexibility index (Phi) is 2.90. The molecule has 0 spiro atoms.